The Hall–Kier alpha value is -1.03. The first-order valence-corrected chi connectivity index (χ1v) is 5.28. The van der Waals surface area contributed by atoms with E-state index in [-0.39, 0.29) is 6.04 Å². The molecule has 1 aliphatic carbocycles. The topological polar surface area (TPSA) is 53.1 Å². The van der Waals surface area contributed by atoms with Crippen LogP contribution >= 0.6 is 0 Å². The highest BCUT2D eigenvalue weighted by Crippen LogP contribution is 2.36. The average Bonchev–Trinajstić information content (AvgIpc) is 2.73. The second-order valence-electron chi connectivity index (χ2n) is 4.28. The van der Waals surface area contributed by atoms with Crippen LogP contribution in [0.15, 0.2) is 6.20 Å². The van der Waals surface area contributed by atoms with Gasteiger partial charge in [0, 0.05) is 12.2 Å². The van der Waals surface area contributed by atoms with E-state index < -0.39 is 0 Å². The number of hydrogen-bond donors (Lipinski definition) is 1. The maximum Gasteiger partial charge on any atom is 0.296 e. The van der Waals surface area contributed by atoms with Gasteiger partial charge in [-0.25, -0.2) is 0 Å². The summed E-state index contributed by atoms with van der Waals surface area (Å²) in [7, 11) is 0. The molecule has 2 aliphatic rings. The SMILES string of the molecule is NC(CC1CC1)c1cn2c(n1)OCC2. The van der Waals surface area contributed by atoms with Crippen LogP contribution in [0.25, 0.3) is 0 Å². The summed E-state index contributed by atoms with van der Waals surface area (Å²) in [5, 5.41) is 0. The summed E-state index contributed by atoms with van der Waals surface area (Å²) < 4.78 is 7.39. The molecular weight excluding hydrogens is 178 g/mol. The van der Waals surface area contributed by atoms with E-state index in [0.717, 1.165) is 37.2 Å². The summed E-state index contributed by atoms with van der Waals surface area (Å²) in [4.78, 5) is 4.39. The molecule has 1 aliphatic heterocycles. The van der Waals surface area contributed by atoms with Crippen molar-refractivity contribution in [1.82, 2.24) is 9.55 Å². The van der Waals surface area contributed by atoms with Gasteiger partial charge in [-0.3, -0.25) is 4.57 Å². The molecule has 1 aromatic rings. The predicted molar refractivity (Wildman–Crippen MR) is 52.0 cm³/mol. The van der Waals surface area contributed by atoms with E-state index in [1.807, 2.05) is 10.8 Å². The van der Waals surface area contributed by atoms with Gasteiger partial charge < -0.3 is 10.5 Å². The van der Waals surface area contributed by atoms with Gasteiger partial charge in [-0.1, -0.05) is 12.8 Å². The summed E-state index contributed by atoms with van der Waals surface area (Å²) in [5.41, 5.74) is 7.06. The number of hydrogen-bond acceptors (Lipinski definition) is 3. The number of aromatic nitrogens is 2. The molecule has 0 radical (unpaired) electrons. The minimum atomic E-state index is 0.101. The quantitative estimate of drug-likeness (QED) is 0.781. The Morgan fingerprint density at radius 1 is 1.64 bits per heavy atom. The zero-order valence-electron chi connectivity index (χ0n) is 8.15. The Kier molecular flexibility index (Phi) is 1.77. The van der Waals surface area contributed by atoms with Crippen molar-refractivity contribution >= 4 is 0 Å². The van der Waals surface area contributed by atoms with Gasteiger partial charge in [0.05, 0.1) is 12.2 Å². The molecule has 0 bridgehead atoms. The van der Waals surface area contributed by atoms with Gasteiger partial charge in [-0.05, 0) is 12.3 Å². The van der Waals surface area contributed by atoms with Crippen LogP contribution in [0.3, 0.4) is 0 Å². The molecule has 1 atom stereocenters. The van der Waals surface area contributed by atoms with Gasteiger partial charge in [-0.2, -0.15) is 4.98 Å². The van der Waals surface area contributed by atoms with Gasteiger partial charge in [0.2, 0.25) is 0 Å². The van der Waals surface area contributed by atoms with Crippen LogP contribution in [0.4, 0.5) is 0 Å². The molecule has 3 rings (SSSR count). The lowest BCUT2D eigenvalue weighted by atomic mass is 10.1. The number of rotatable bonds is 3. The van der Waals surface area contributed by atoms with Crippen molar-refractivity contribution in [3.8, 4) is 6.01 Å². The number of imidazole rings is 1. The molecule has 0 aromatic carbocycles. The Labute approximate surface area is 83.1 Å². The Balaban J connectivity index is 1.75. The highest BCUT2D eigenvalue weighted by Gasteiger charge is 2.26. The van der Waals surface area contributed by atoms with E-state index in [0.29, 0.717) is 0 Å². The van der Waals surface area contributed by atoms with E-state index in [1.165, 1.54) is 12.8 Å². The molecule has 1 fully saturated rings. The van der Waals surface area contributed by atoms with Crippen molar-refractivity contribution in [3.05, 3.63) is 11.9 Å². The molecule has 2 heterocycles. The van der Waals surface area contributed by atoms with E-state index in [1.54, 1.807) is 0 Å². The minimum Gasteiger partial charge on any atom is -0.463 e. The van der Waals surface area contributed by atoms with Crippen molar-refractivity contribution < 1.29 is 4.74 Å². The molecule has 4 nitrogen and oxygen atoms in total. The van der Waals surface area contributed by atoms with Gasteiger partial charge in [0.15, 0.2) is 0 Å². The number of nitrogens with zero attached hydrogens (tertiary/aromatic N) is 2. The summed E-state index contributed by atoms with van der Waals surface area (Å²) in [6, 6.07) is 0.843. The van der Waals surface area contributed by atoms with Gasteiger partial charge in [0.25, 0.3) is 6.01 Å². The fourth-order valence-electron chi connectivity index (χ4n) is 1.94. The van der Waals surface area contributed by atoms with Crippen LogP contribution in [-0.4, -0.2) is 16.2 Å². The van der Waals surface area contributed by atoms with Gasteiger partial charge >= 0.3 is 0 Å². The largest absolute Gasteiger partial charge is 0.463 e. The molecule has 76 valence electrons. The van der Waals surface area contributed by atoms with Crippen molar-refractivity contribution in [2.75, 3.05) is 6.61 Å². The van der Waals surface area contributed by atoms with Crippen LogP contribution in [0.5, 0.6) is 6.01 Å². The molecule has 0 spiro atoms. The maximum absolute atomic E-state index is 6.07. The number of fused-ring (bicyclic) bond motifs is 1. The Morgan fingerprint density at radius 3 is 3.21 bits per heavy atom. The molecule has 2 N–H and O–H groups in total. The lowest BCUT2D eigenvalue weighted by molar-refractivity contribution is 0.343. The average molecular weight is 193 g/mol. The molecule has 4 heteroatoms. The maximum atomic E-state index is 6.07. The Morgan fingerprint density at radius 2 is 2.50 bits per heavy atom. The summed E-state index contributed by atoms with van der Waals surface area (Å²) in [5.74, 6) is 0.849. The standard InChI is InChI=1S/C10H15N3O/c11-8(5-7-1-2-7)9-6-13-3-4-14-10(13)12-9/h6-8H,1-5,11H2. The van der Waals surface area contributed by atoms with Crippen molar-refractivity contribution in [3.63, 3.8) is 0 Å². The van der Waals surface area contributed by atoms with E-state index in [4.69, 9.17) is 10.5 Å². The smallest absolute Gasteiger partial charge is 0.296 e. The third kappa shape index (κ3) is 1.39. The highest BCUT2D eigenvalue weighted by molar-refractivity contribution is 5.14. The second kappa shape index (κ2) is 2.98. The summed E-state index contributed by atoms with van der Waals surface area (Å²) in [6.45, 7) is 1.67. The van der Waals surface area contributed by atoms with Crippen molar-refractivity contribution in [2.24, 2.45) is 11.7 Å². The first kappa shape index (κ1) is 8.29. The zero-order valence-corrected chi connectivity index (χ0v) is 8.15. The molecule has 0 saturated heterocycles. The normalized spacial score (nSPS) is 21.8. The molecule has 1 aromatic heterocycles. The third-order valence-electron chi connectivity index (χ3n) is 2.99. The predicted octanol–water partition coefficient (Wildman–Crippen LogP) is 1.08. The lowest BCUT2D eigenvalue weighted by Crippen LogP contribution is -2.11. The molecule has 1 saturated carbocycles. The summed E-state index contributed by atoms with van der Waals surface area (Å²) >= 11 is 0. The van der Waals surface area contributed by atoms with E-state index in [2.05, 4.69) is 4.98 Å². The van der Waals surface area contributed by atoms with Crippen LogP contribution < -0.4 is 10.5 Å². The van der Waals surface area contributed by atoms with Gasteiger partial charge in [-0.15, -0.1) is 0 Å². The first-order chi connectivity index (χ1) is 6.83. The minimum absolute atomic E-state index is 0.101. The molecule has 0 amide bonds. The lowest BCUT2D eigenvalue weighted by Gasteiger charge is -2.06. The molecular formula is C10H15N3O. The Bertz CT molecular complexity index is 322. The van der Waals surface area contributed by atoms with Crippen LogP contribution in [0.2, 0.25) is 0 Å². The van der Waals surface area contributed by atoms with Crippen molar-refractivity contribution in [1.29, 1.82) is 0 Å². The van der Waals surface area contributed by atoms with Gasteiger partial charge in [0.1, 0.15) is 6.61 Å². The molecule has 1 unspecified atom stereocenters. The van der Waals surface area contributed by atoms with Crippen molar-refractivity contribution in [2.45, 2.75) is 31.8 Å². The second-order valence-corrected chi connectivity index (χ2v) is 4.28. The van der Waals surface area contributed by atoms with E-state index in [9.17, 15) is 0 Å². The van der Waals surface area contributed by atoms with Crippen LogP contribution in [-0.2, 0) is 6.54 Å². The fraction of sp³-hybridized carbons (Fsp3) is 0.700. The zero-order chi connectivity index (χ0) is 9.54. The van der Waals surface area contributed by atoms with Crippen LogP contribution in [0.1, 0.15) is 31.0 Å². The number of ether oxygens (including phenoxy) is 1. The highest BCUT2D eigenvalue weighted by atomic mass is 16.5. The van der Waals surface area contributed by atoms with Crippen LogP contribution in [0, 0.1) is 5.92 Å². The monoisotopic (exact) mass is 193 g/mol. The van der Waals surface area contributed by atoms with E-state index >= 15 is 0 Å². The molecule has 14 heavy (non-hydrogen) atoms. The third-order valence-corrected chi connectivity index (χ3v) is 2.99. The first-order valence-electron chi connectivity index (χ1n) is 5.28. The fourth-order valence-corrected chi connectivity index (χ4v) is 1.94. The number of nitrogens with two attached hydrogens (primary N) is 1. The summed E-state index contributed by atoms with van der Waals surface area (Å²) in [6.07, 6.45) is 5.81.